The summed E-state index contributed by atoms with van der Waals surface area (Å²) in [7, 11) is 0. The fourth-order valence-electron chi connectivity index (χ4n) is 12.9. The second-order valence-corrected chi connectivity index (χ2v) is 29.8. The summed E-state index contributed by atoms with van der Waals surface area (Å²) in [5.74, 6) is 8.81. The topological polar surface area (TPSA) is 137 Å². The Kier molecular flexibility index (Phi) is 35.3. The Balaban J connectivity index is 0.000000453. The van der Waals surface area contributed by atoms with Crippen LogP contribution in [-0.2, 0) is 38.4 Å². The Morgan fingerprint density at radius 3 is 1.23 bits per heavy atom. The summed E-state index contributed by atoms with van der Waals surface area (Å²) < 4.78 is 0. The highest BCUT2D eigenvalue weighted by Crippen LogP contribution is 2.40. The van der Waals surface area contributed by atoms with Gasteiger partial charge in [0, 0.05) is 99.7 Å². The summed E-state index contributed by atoms with van der Waals surface area (Å²) in [6, 6.07) is 0. The quantitative estimate of drug-likeness (QED) is 0.271. The lowest BCUT2D eigenvalue weighted by Crippen LogP contribution is -2.33. The van der Waals surface area contributed by atoms with Gasteiger partial charge in [-0.2, -0.15) is 0 Å². The van der Waals surface area contributed by atoms with E-state index in [1.165, 1.54) is 38.5 Å². The monoisotopic (exact) mass is 1110 g/mol. The van der Waals surface area contributed by atoms with Gasteiger partial charge >= 0.3 is 0 Å². The van der Waals surface area contributed by atoms with Gasteiger partial charge in [-0.1, -0.05) is 156 Å². The van der Waals surface area contributed by atoms with Gasteiger partial charge in [-0.25, -0.2) is 0 Å². The van der Waals surface area contributed by atoms with E-state index in [1.54, 1.807) is 0 Å². The number of rotatable bonds is 4. The maximum absolute atomic E-state index is 11.4. The van der Waals surface area contributed by atoms with Crippen molar-refractivity contribution >= 4 is 46.3 Å². The predicted molar refractivity (Wildman–Crippen MR) is 330 cm³/mol. The van der Waals surface area contributed by atoms with Gasteiger partial charge in [0.15, 0.2) is 0 Å². The number of hydrogen-bond acceptors (Lipinski definition) is 8. The van der Waals surface area contributed by atoms with E-state index in [0.717, 1.165) is 191 Å². The molecule has 0 aromatic rings. The van der Waals surface area contributed by atoms with Crippen LogP contribution < -0.4 is 0 Å². The van der Waals surface area contributed by atoms with E-state index in [4.69, 9.17) is 0 Å². The molecule has 0 aliphatic heterocycles. The molecule has 458 valence electrons. The second-order valence-electron chi connectivity index (χ2n) is 29.8. The molecule has 8 aliphatic carbocycles. The Labute approximate surface area is 487 Å². The van der Waals surface area contributed by atoms with Crippen molar-refractivity contribution in [2.45, 2.75) is 330 Å². The van der Waals surface area contributed by atoms with E-state index in [1.807, 2.05) is 13.8 Å². The highest BCUT2D eigenvalue weighted by Gasteiger charge is 2.35. The molecular formula is C71H126O8. The van der Waals surface area contributed by atoms with Crippen molar-refractivity contribution in [2.75, 3.05) is 0 Å². The molecule has 8 fully saturated rings. The first-order valence-corrected chi connectivity index (χ1v) is 32.9. The van der Waals surface area contributed by atoms with Gasteiger partial charge in [-0.3, -0.25) is 38.4 Å². The van der Waals surface area contributed by atoms with Crippen LogP contribution in [0.1, 0.15) is 330 Å². The van der Waals surface area contributed by atoms with Crippen molar-refractivity contribution in [1.82, 2.24) is 0 Å². The molecule has 0 heterocycles. The van der Waals surface area contributed by atoms with Crippen LogP contribution in [0.3, 0.4) is 0 Å². The van der Waals surface area contributed by atoms with Crippen molar-refractivity contribution in [1.29, 1.82) is 0 Å². The van der Waals surface area contributed by atoms with Crippen molar-refractivity contribution in [3.63, 3.8) is 0 Å². The normalized spacial score (nSPS) is 26.8. The molecule has 6 unspecified atom stereocenters. The number of carbonyl (C=O) groups excluding carboxylic acids is 8. The summed E-state index contributed by atoms with van der Waals surface area (Å²) in [5.41, 5.74) is 1.01. The molecule has 0 amide bonds. The van der Waals surface area contributed by atoms with E-state index in [2.05, 4.69) is 104 Å². The molecule has 8 heteroatoms. The number of Topliss-reactive ketones (excluding diaryl/α,β-unsaturated/α-hetero) is 8. The van der Waals surface area contributed by atoms with Gasteiger partial charge in [0.2, 0.25) is 0 Å². The number of hydrogen-bond donors (Lipinski definition) is 0. The minimum absolute atomic E-state index is 0.0301. The van der Waals surface area contributed by atoms with E-state index < -0.39 is 0 Å². The minimum atomic E-state index is -0.0301. The van der Waals surface area contributed by atoms with Crippen LogP contribution in [0.25, 0.3) is 0 Å². The van der Waals surface area contributed by atoms with Crippen molar-refractivity contribution in [2.24, 2.45) is 74.9 Å². The molecule has 0 saturated heterocycles. The van der Waals surface area contributed by atoms with Gasteiger partial charge in [0.05, 0.1) is 0 Å². The van der Waals surface area contributed by atoms with E-state index in [9.17, 15) is 38.4 Å². The average molecular weight is 1110 g/mol. The summed E-state index contributed by atoms with van der Waals surface area (Å²) in [5, 5.41) is 0. The van der Waals surface area contributed by atoms with Crippen LogP contribution in [0.2, 0.25) is 0 Å². The molecule has 8 saturated carbocycles. The Bertz CT molecular complexity index is 1810. The van der Waals surface area contributed by atoms with Crippen molar-refractivity contribution < 1.29 is 38.4 Å². The second kappa shape index (κ2) is 37.5. The summed E-state index contributed by atoms with van der Waals surface area (Å²) in [6.45, 7) is 37.2. The van der Waals surface area contributed by atoms with Gasteiger partial charge in [0.1, 0.15) is 46.3 Å². The first-order valence-electron chi connectivity index (χ1n) is 32.9. The van der Waals surface area contributed by atoms with Crippen LogP contribution in [0, 0.1) is 74.9 Å². The van der Waals surface area contributed by atoms with Crippen LogP contribution in [-0.4, -0.2) is 46.3 Å². The lowest BCUT2D eigenvalue weighted by Gasteiger charge is -2.35. The molecular weight excluding hydrogens is 981 g/mol. The zero-order valence-electron chi connectivity index (χ0n) is 54.8. The Morgan fingerprint density at radius 1 is 0.430 bits per heavy atom. The van der Waals surface area contributed by atoms with Crippen LogP contribution >= 0.6 is 0 Å². The van der Waals surface area contributed by atoms with E-state index in [0.29, 0.717) is 92.6 Å². The van der Waals surface area contributed by atoms with Gasteiger partial charge in [-0.05, 0) is 149 Å². The Morgan fingerprint density at radius 2 is 0.886 bits per heavy atom. The molecule has 0 aromatic carbocycles. The highest BCUT2D eigenvalue weighted by molar-refractivity contribution is 5.86. The third-order valence-electron chi connectivity index (χ3n) is 19.8. The van der Waals surface area contributed by atoms with Crippen molar-refractivity contribution in [3.8, 4) is 0 Å². The molecule has 8 aliphatic rings. The zero-order valence-corrected chi connectivity index (χ0v) is 54.8. The summed E-state index contributed by atoms with van der Waals surface area (Å²) in [4.78, 5) is 88.3. The van der Waals surface area contributed by atoms with Gasteiger partial charge in [0.25, 0.3) is 0 Å². The van der Waals surface area contributed by atoms with Crippen molar-refractivity contribution in [3.05, 3.63) is 0 Å². The molecule has 0 bridgehead atoms. The molecule has 0 spiro atoms. The number of carbonyl (C=O) groups is 8. The maximum atomic E-state index is 11.4. The van der Waals surface area contributed by atoms with Gasteiger partial charge < -0.3 is 0 Å². The minimum Gasteiger partial charge on any atom is -0.300 e. The summed E-state index contributed by atoms with van der Waals surface area (Å²) in [6.07, 6.45) is 34.5. The zero-order chi connectivity index (χ0) is 60.1. The largest absolute Gasteiger partial charge is 0.300 e. The SMILES string of the molecule is CC(C)(C)C1CCC(=O)CC1.CC(C)(C)C1CCCCC1=O.CC1CCC(=O)CC1.CC1CCCC(=O)C1.CC1CCCC(C)(C)C1=O.CC1CCCCC1=O.CCC(C)(C)C1CCC(=O)CC1.CCC(C)C1CCCCC1=O. The van der Waals surface area contributed by atoms with E-state index >= 15 is 0 Å². The fraction of sp³-hybridized carbons (Fsp3) is 0.887. The molecule has 8 nitrogen and oxygen atoms in total. The van der Waals surface area contributed by atoms with Crippen LogP contribution in [0.4, 0.5) is 0 Å². The molecule has 79 heavy (non-hydrogen) atoms. The molecule has 0 N–H and O–H groups in total. The molecule has 8 rings (SSSR count). The molecule has 0 aromatic heterocycles. The van der Waals surface area contributed by atoms with Gasteiger partial charge in [-0.15, -0.1) is 0 Å². The highest BCUT2D eigenvalue weighted by atomic mass is 16.2. The third kappa shape index (κ3) is 31.0. The predicted octanol–water partition coefficient (Wildman–Crippen LogP) is 19.3. The lowest BCUT2D eigenvalue weighted by molar-refractivity contribution is -0.133. The first-order chi connectivity index (χ1) is 36.7. The lowest BCUT2D eigenvalue weighted by atomic mass is 9.69. The standard InChI is InChI=1S/C11H20O.3C10H18O.C9H16O.3C7H12O/c1-4-11(2,3)9-5-7-10(12)8-6-9;1-10(2,3)8-4-6-9(11)7-5-8;1-10(2,3)8-6-4-5-7-9(8)11;1-3-8(2)9-6-4-5-7-10(9)11;1-7-5-4-6-9(2,3)8(7)10;1-6-2-4-7(8)5-3-6;1-6-3-2-4-7(8)5-6;1-6-4-2-3-5-7(6)8/h9H,4-8H2,1-3H3;2*8H,4-7H2,1-3H3;8-9H,3-7H2,1-2H3;7H,4-6H2,1-3H3;3*6H,2-5H2,1H3. The molecule has 6 atom stereocenters. The summed E-state index contributed by atoms with van der Waals surface area (Å²) >= 11 is 0. The van der Waals surface area contributed by atoms with Crippen LogP contribution in [0.15, 0.2) is 0 Å². The van der Waals surface area contributed by atoms with E-state index in [-0.39, 0.29) is 10.8 Å². The average Bonchev–Trinajstić information content (AvgIpc) is 3.38. The first kappa shape index (κ1) is 74.4. The Hall–Kier alpha value is -2.64. The molecule has 0 radical (unpaired) electrons. The smallest absolute Gasteiger partial charge is 0.141 e. The fourth-order valence-corrected chi connectivity index (χ4v) is 12.9. The van der Waals surface area contributed by atoms with Crippen LogP contribution in [0.5, 0.6) is 0 Å². The number of ketones is 8. The maximum Gasteiger partial charge on any atom is 0.141 e. The third-order valence-corrected chi connectivity index (χ3v) is 19.8.